The average Bonchev–Trinajstić information content (AvgIpc) is 2.48. The van der Waals surface area contributed by atoms with Crippen molar-refractivity contribution in [2.45, 2.75) is 70.4 Å². The highest BCUT2D eigenvalue weighted by Crippen LogP contribution is 2.39. The van der Waals surface area contributed by atoms with Crippen molar-refractivity contribution in [3.63, 3.8) is 0 Å². The minimum atomic E-state index is 0.430. The Bertz CT molecular complexity index is 455. The molecular weight excluding hydrogens is 246 g/mol. The van der Waals surface area contributed by atoms with Gasteiger partial charge in [-0.1, -0.05) is 25.8 Å². The molecule has 1 fully saturated rings. The number of benzene rings is 1. The van der Waals surface area contributed by atoms with Crippen LogP contribution in [0.5, 0.6) is 5.75 Å². The Hall–Kier alpha value is -1.02. The maximum Gasteiger partial charge on any atom is 0.115 e. The second-order valence-corrected chi connectivity index (χ2v) is 6.47. The highest BCUT2D eigenvalue weighted by Gasteiger charge is 2.32. The lowest BCUT2D eigenvalue weighted by Crippen LogP contribution is -2.43. The molecule has 1 aliphatic carbocycles. The lowest BCUT2D eigenvalue weighted by Gasteiger charge is -2.43. The molecule has 2 unspecified atom stereocenters. The van der Waals surface area contributed by atoms with Gasteiger partial charge in [0.1, 0.15) is 5.75 Å². The van der Waals surface area contributed by atoms with Gasteiger partial charge in [0, 0.05) is 12.1 Å². The van der Waals surface area contributed by atoms with E-state index in [1.807, 2.05) is 12.1 Å². The normalized spacial score (nSPS) is 27.2. The van der Waals surface area contributed by atoms with E-state index in [0.29, 0.717) is 11.8 Å². The maximum atomic E-state index is 9.86. The molecule has 0 amide bonds. The van der Waals surface area contributed by atoms with Crippen molar-refractivity contribution in [1.29, 1.82) is 0 Å². The predicted molar refractivity (Wildman–Crippen MR) is 83.0 cm³/mol. The van der Waals surface area contributed by atoms with Crippen molar-refractivity contribution in [3.8, 4) is 5.75 Å². The predicted octanol–water partition coefficient (Wildman–Crippen LogP) is 4.42. The topological polar surface area (TPSA) is 23.5 Å². The van der Waals surface area contributed by atoms with Crippen LogP contribution in [0, 0.1) is 0 Å². The molecule has 1 heterocycles. The number of rotatable bonds is 3. The quantitative estimate of drug-likeness (QED) is 0.881. The smallest absolute Gasteiger partial charge is 0.115 e. The molecule has 0 radical (unpaired) electrons. The lowest BCUT2D eigenvalue weighted by atomic mass is 9.84. The van der Waals surface area contributed by atoms with Crippen molar-refractivity contribution in [3.05, 3.63) is 29.3 Å². The molecule has 1 aromatic rings. The summed E-state index contributed by atoms with van der Waals surface area (Å²) in [5.74, 6) is 0.430. The Morgan fingerprint density at radius 1 is 1.20 bits per heavy atom. The maximum absolute atomic E-state index is 9.86. The molecule has 2 heteroatoms. The van der Waals surface area contributed by atoms with Crippen molar-refractivity contribution in [2.75, 3.05) is 6.54 Å². The van der Waals surface area contributed by atoms with Gasteiger partial charge in [0.05, 0.1) is 0 Å². The van der Waals surface area contributed by atoms with Gasteiger partial charge in [-0.15, -0.1) is 0 Å². The number of hydrogen-bond donors (Lipinski definition) is 1. The van der Waals surface area contributed by atoms with E-state index in [9.17, 15) is 5.11 Å². The summed E-state index contributed by atoms with van der Waals surface area (Å²) in [4.78, 5) is 2.75. The van der Waals surface area contributed by atoms with E-state index in [0.717, 1.165) is 6.04 Å². The zero-order valence-corrected chi connectivity index (χ0v) is 12.6. The van der Waals surface area contributed by atoms with Gasteiger partial charge in [-0.05, 0) is 68.3 Å². The largest absolute Gasteiger partial charge is 0.508 e. The molecule has 2 atom stereocenters. The first-order chi connectivity index (χ1) is 9.79. The van der Waals surface area contributed by atoms with Crippen LogP contribution >= 0.6 is 0 Å². The molecule has 0 spiro atoms. The molecule has 2 aliphatic rings. The number of likely N-dealkylation sites (tertiary alicyclic amines) is 1. The summed E-state index contributed by atoms with van der Waals surface area (Å²) >= 11 is 0. The molecule has 1 aromatic carbocycles. The zero-order chi connectivity index (χ0) is 13.9. The number of hydrogen-bond acceptors (Lipinski definition) is 2. The number of phenols is 1. The van der Waals surface area contributed by atoms with Crippen LogP contribution in [0.4, 0.5) is 0 Å². The molecule has 110 valence electrons. The summed E-state index contributed by atoms with van der Waals surface area (Å²) in [5.41, 5.74) is 2.86. The van der Waals surface area contributed by atoms with Crippen LogP contribution in [0.15, 0.2) is 18.2 Å². The highest BCUT2D eigenvalue weighted by atomic mass is 16.3. The molecule has 1 N–H and O–H groups in total. The number of aromatic hydroxyl groups is 1. The summed E-state index contributed by atoms with van der Waals surface area (Å²) in [6.07, 6.45) is 10.4. The van der Waals surface area contributed by atoms with Crippen LogP contribution in [0.2, 0.25) is 0 Å². The van der Waals surface area contributed by atoms with Gasteiger partial charge in [-0.25, -0.2) is 0 Å². The fraction of sp³-hybridized carbons (Fsp3) is 0.667. The summed E-state index contributed by atoms with van der Waals surface area (Å²) in [7, 11) is 0. The number of aryl methyl sites for hydroxylation is 1. The number of fused-ring (bicyclic) bond motifs is 1. The van der Waals surface area contributed by atoms with Crippen LogP contribution in [0.3, 0.4) is 0 Å². The standard InChI is InChI=1S/C18H27NO/c1-2-6-15-8-3-4-12-19(15)18-9-5-7-14-10-11-16(20)13-17(14)18/h10-11,13,15,18,20H,2-9,12H2,1H3. The van der Waals surface area contributed by atoms with E-state index in [1.54, 1.807) is 0 Å². The first-order valence-electron chi connectivity index (χ1n) is 8.37. The van der Waals surface area contributed by atoms with Crippen LogP contribution in [0.1, 0.15) is 69.0 Å². The van der Waals surface area contributed by atoms with Crippen molar-refractivity contribution in [1.82, 2.24) is 4.90 Å². The average molecular weight is 273 g/mol. The first-order valence-corrected chi connectivity index (χ1v) is 8.37. The third-order valence-corrected chi connectivity index (χ3v) is 5.11. The monoisotopic (exact) mass is 273 g/mol. The summed E-state index contributed by atoms with van der Waals surface area (Å²) in [5, 5.41) is 9.86. The molecule has 3 rings (SSSR count). The second-order valence-electron chi connectivity index (χ2n) is 6.47. The molecule has 2 nitrogen and oxygen atoms in total. The third kappa shape index (κ3) is 2.71. The fourth-order valence-electron chi connectivity index (χ4n) is 4.18. The van der Waals surface area contributed by atoms with E-state index < -0.39 is 0 Å². The van der Waals surface area contributed by atoms with Crippen LogP contribution in [-0.2, 0) is 6.42 Å². The van der Waals surface area contributed by atoms with Gasteiger partial charge in [0.25, 0.3) is 0 Å². The van der Waals surface area contributed by atoms with Gasteiger partial charge < -0.3 is 5.11 Å². The SMILES string of the molecule is CCCC1CCCCN1C1CCCc2ccc(O)cc21. The number of piperidine rings is 1. The Morgan fingerprint density at radius 3 is 2.95 bits per heavy atom. The molecular formula is C18H27NO. The molecule has 1 saturated heterocycles. The zero-order valence-electron chi connectivity index (χ0n) is 12.6. The van der Waals surface area contributed by atoms with Crippen LogP contribution < -0.4 is 0 Å². The minimum absolute atomic E-state index is 0.430. The van der Waals surface area contributed by atoms with Crippen molar-refractivity contribution >= 4 is 0 Å². The van der Waals surface area contributed by atoms with Crippen LogP contribution in [-0.4, -0.2) is 22.6 Å². The lowest BCUT2D eigenvalue weighted by molar-refractivity contribution is 0.0780. The molecule has 20 heavy (non-hydrogen) atoms. The Balaban J connectivity index is 1.88. The Kier molecular flexibility index (Phi) is 4.30. The first kappa shape index (κ1) is 13.9. The van der Waals surface area contributed by atoms with E-state index >= 15 is 0 Å². The van der Waals surface area contributed by atoms with Crippen molar-refractivity contribution in [2.24, 2.45) is 0 Å². The Labute approximate surface area is 122 Å². The van der Waals surface area contributed by atoms with Gasteiger partial charge in [0.2, 0.25) is 0 Å². The van der Waals surface area contributed by atoms with E-state index in [-0.39, 0.29) is 0 Å². The van der Waals surface area contributed by atoms with Gasteiger partial charge >= 0.3 is 0 Å². The summed E-state index contributed by atoms with van der Waals surface area (Å²) < 4.78 is 0. The van der Waals surface area contributed by atoms with Crippen LogP contribution in [0.25, 0.3) is 0 Å². The molecule has 0 bridgehead atoms. The number of nitrogens with zero attached hydrogens (tertiary/aromatic N) is 1. The van der Waals surface area contributed by atoms with Crippen molar-refractivity contribution < 1.29 is 5.11 Å². The van der Waals surface area contributed by atoms with Gasteiger partial charge in [-0.3, -0.25) is 4.90 Å². The summed E-state index contributed by atoms with van der Waals surface area (Å²) in [6.45, 7) is 3.54. The van der Waals surface area contributed by atoms with E-state index in [2.05, 4.69) is 17.9 Å². The Morgan fingerprint density at radius 2 is 2.10 bits per heavy atom. The molecule has 0 saturated carbocycles. The second kappa shape index (κ2) is 6.17. The highest BCUT2D eigenvalue weighted by molar-refractivity contribution is 5.38. The number of phenolic OH excluding ortho intramolecular Hbond substituents is 1. The van der Waals surface area contributed by atoms with E-state index in [4.69, 9.17) is 0 Å². The van der Waals surface area contributed by atoms with E-state index in [1.165, 1.54) is 69.0 Å². The summed E-state index contributed by atoms with van der Waals surface area (Å²) in [6, 6.07) is 7.31. The van der Waals surface area contributed by atoms with Gasteiger partial charge in [0.15, 0.2) is 0 Å². The fourth-order valence-corrected chi connectivity index (χ4v) is 4.18. The third-order valence-electron chi connectivity index (χ3n) is 5.11. The van der Waals surface area contributed by atoms with Gasteiger partial charge in [-0.2, -0.15) is 0 Å². The minimum Gasteiger partial charge on any atom is -0.508 e. The molecule has 0 aromatic heterocycles. The molecule has 1 aliphatic heterocycles.